The van der Waals surface area contributed by atoms with Crippen LogP contribution in [0.25, 0.3) is 21.1 Å². The second-order valence-electron chi connectivity index (χ2n) is 8.85. The summed E-state index contributed by atoms with van der Waals surface area (Å²) < 4.78 is 0. The van der Waals surface area contributed by atoms with Crippen LogP contribution in [-0.4, -0.2) is 58.4 Å². The highest BCUT2D eigenvalue weighted by Gasteiger charge is 2.26. The molecule has 6 nitrogen and oxygen atoms in total. The van der Waals surface area contributed by atoms with Crippen molar-refractivity contribution in [3.63, 3.8) is 0 Å². The minimum atomic E-state index is -0.929. The molecule has 2 aliphatic rings. The normalized spacial score (nSPS) is 17.9. The summed E-state index contributed by atoms with van der Waals surface area (Å²) in [6.07, 6.45) is 4.91. The van der Waals surface area contributed by atoms with Crippen molar-refractivity contribution in [2.45, 2.75) is 31.7 Å². The summed E-state index contributed by atoms with van der Waals surface area (Å²) >= 11 is 1.51. The van der Waals surface area contributed by atoms with Crippen molar-refractivity contribution in [3.8, 4) is 21.1 Å². The van der Waals surface area contributed by atoms with Crippen molar-refractivity contribution in [2.75, 3.05) is 31.1 Å². The zero-order chi connectivity index (χ0) is 22.8. The number of aromatic nitrogens is 2. The van der Waals surface area contributed by atoms with Crippen molar-refractivity contribution in [2.24, 2.45) is 0 Å². The molecule has 1 saturated heterocycles. The van der Waals surface area contributed by atoms with Crippen LogP contribution in [0, 0.1) is 0 Å². The summed E-state index contributed by atoms with van der Waals surface area (Å²) in [5.41, 5.74) is 4.86. The monoisotopic (exact) mass is 460 g/mol. The molecule has 1 saturated carbocycles. The summed E-state index contributed by atoms with van der Waals surface area (Å²) in [6.45, 7) is 8.52. The third-order valence-corrected chi connectivity index (χ3v) is 7.80. The lowest BCUT2D eigenvalue weighted by molar-refractivity contribution is 0.0697. The summed E-state index contributed by atoms with van der Waals surface area (Å²) in [5, 5.41) is 19.4. The fourth-order valence-corrected chi connectivity index (χ4v) is 5.60. The lowest BCUT2D eigenvalue weighted by Crippen LogP contribution is -2.50. The number of benzene rings is 2. The molecule has 0 radical (unpaired) electrons. The molecule has 1 aromatic heterocycles. The van der Waals surface area contributed by atoms with E-state index < -0.39 is 5.97 Å². The summed E-state index contributed by atoms with van der Waals surface area (Å²) in [7, 11) is 0. The molecule has 2 fully saturated rings. The van der Waals surface area contributed by atoms with Crippen molar-refractivity contribution >= 4 is 23.0 Å². The van der Waals surface area contributed by atoms with Crippen LogP contribution < -0.4 is 4.90 Å². The van der Waals surface area contributed by atoms with Gasteiger partial charge in [0.15, 0.2) is 0 Å². The van der Waals surface area contributed by atoms with Crippen molar-refractivity contribution in [3.05, 3.63) is 66.2 Å². The van der Waals surface area contributed by atoms with Crippen LogP contribution in [-0.2, 0) is 0 Å². The third kappa shape index (κ3) is 4.84. The fourth-order valence-electron chi connectivity index (χ4n) is 4.75. The average Bonchev–Trinajstić information content (AvgIpc) is 3.35. The van der Waals surface area contributed by atoms with Crippen LogP contribution in [0.15, 0.2) is 60.7 Å². The van der Waals surface area contributed by atoms with Crippen LogP contribution >= 0.6 is 11.3 Å². The molecule has 0 unspecified atom stereocenters. The van der Waals surface area contributed by atoms with E-state index in [9.17, 15) is 4.79 Å². The number of hydrogen-bond donors (Lipinski definition) is 1. The largest absolute Gasteiger partial charge is 0.478 e. The van der Waals surface area contributed by atoms with Gasteiger partial charge in [0.2, 0.25) is 0 Å². The zero-order valence-electron chi connectivity index (χ0n) is 18.6. The van der Waals surface area contributed by atoms with E-state index in [2.05, 4.69) is 50.8 Å². The molecule has 1 aliphatic carbocycles. The number of nitrogens with zero attached hydrogens (tertiary/aromatic N) is 4. The van der Waals surface area contributed by atoms with Crippen LogP contribution in [0.4, 0.5) is 5.69 Å². The highest BCUT2D eigenvalue weighted by molar-refractivity contribution is 7.17. The summed E-state index contributed by atoms with van der Waals surface area (Å²) in [6, 6.07) is 16.1. The van der Waals surface area contributed by atoms with E-state index in [1.165, 1.54) is 48.3 Å². The molecule has 1 N–H and O–H groups in total. The maximum atomic E-state index is 11.0. The van der Waals surface area contributed by atoms with Crippen LogP contribution in [0.1, 0.15) is 36.0 Å². The Morgan fingerprint density at radius 1 is 0.879 bits per heavy atom. The standard InChI is InChI=1S/C26H28N4O2S/c1-18-2-10-22(11-3-18)29-14-16-30(17-15-29)23-12-8-20(9-13-23)25-28-27-24(33-25)19-4-6-21(7-5-19)26(31)32/h4-9,12-13,22H,1-3,10-11,14-17H2,(H,31,32). The minimum absolute atomic E-state index is 0.268. The predicted molar refractivity (Wildman–Crippen MR) is 133 cm³/mol. The van der Waals surface area contributed by atoms with E-state index in [4.69, 9.17) is 5.11 Å². The van der Waals surface area contributed by atoms with Gasteiger partial charge in [-0.1, -0.05) is 35.6 Å². The summed E-state index contributed by atoms with van der Waals surface area (Å²) in [4.78, 5) is 16.2. The third-order valence-electron chi connectivity index (χ3n) is 6.78. The Bertz CT molecular complexity index is 1120. The second-order valence-corrected chi connectivity index (χ2v) is 9.82. The molecule has 0 amide bonds. The van der Waals surface area contributed by atoms with Crippen LogP contribution in [0.5, 0.6) is 0 Å². The van der Waals surface area contributed by atoms with Gasteiger partial charge in [-0.05, 0) is 62.1 Å². The van der Waals surface area contributed by atoms with Gasteiger partial charge in [0.1, 0.15) is 10.0 Å². The molecule has 1 aliphatic heterocycles. The average molecular weight is 461 g/mol. The van der Waals surface area contributed by atoms with Gasteiger partial charge in [0, 0.05) is 49.0 Å². The lowest BCUT2D eigenvalue weighted by Gasteiger charge is -2.41. The van der Waals surface area contributed by atoms with Gasteiger partial charge in [-0.15, -0.1) is 10.2 Å². The number of aromatic carboxylic acids is 1. The summed E-state index contributed by atoms with van der Waals surface area (Å²) in [5.74, 6) is -0.929. The topological polar surface area (TPSA) is 69.6 Å². The van der Waals surface area contributed by atoms with Gasteiger partial charge in [0.05, 0.1) is 5.56 Å². The number of carboxylic acids is 1. The van der Waals surface area contributed by atoms with Crippen molar-refractivity contribution in [1.82, 2.24) is 15.1 Å². The van der Waals surface area contributed by atoms with Crippen molar-refractivity contribution < 1.29 is 9.90 Å². The first-order chi connectivity index (χ1) is 16.1. The highest BCUT2D eigenvalue weighted by Crippen LogP contribution is 2.32. The van der Waals surface area contributed by atoms with Crippen molar-refractivity contribution in [1.29, 1.82) is 0 Å². The Balaban J connectivity index is 1.21. The van der Waals surface area contributed by atoms with E-state index in [0.717, 1.165) is 53.4 Å². The number of rotatable bonds is 5. The van der Waals surface area contributed by atoms with E-state index >= 15 is 0 Å². The van der Waals surface area contributed by atoms with Gasteiger partial charge in [0.25, 0.3) is 0 Å². The Hall–Kier alpha value is -3.03. The Kier molecular flexibility index (Phi) is 6.24. The first-order valence-electron chi connectivity index (χ1n) is 11.5. The SMILES string of the molecule is C=C1CCC(N2CCN(c3ccc(-c4nnc(-c5ccc(C(=O)O)cc5)s4)cc3)CC2)CC1. The molecular formula is C26H28N4O2S. The molecular weight excluding hydrogens is 432 g/mol. The van der Waals surface area contributed by atoms with E-state index in [-0.39, 0.29) is 5.56 Å². The van der Waals surface area contributed by atoms with Gasteiger partial charge in [-0.25, -0.2) is 4.79 Å². The molecule has 0 spiro atoms. The van der Waals surface area contributed by atoms with Gasteiger partial charge >= 0.3 is 5.97 Å². The first kappa shape index (κ1) is 21.8. The quantitative estimate of drug-likeness (QED) is 0.529. The fraction of sp³-hybridized carbons (Fsp3) is 0.346. The van der Waals surface area contributed by atoms with Gasteiger partial charge < -0.3 is 10.0 Å². The molecule has 170 valence electrons. The predicted octanol–water partition coefficient (Wildman–Crippen LogP) is 5.19. The minimum Gasteiger partial charge on any atom is -0.478 e. The zero-order valence-corrected chi connectivity index (χ0v) is 19.4. The Morgan fingerprint density at radius 3 is 1.97 bits per heavy atom. The van der Waals surface area contributed by atoms with E-state index in [0.29, 0.717) is 0 Å². The molecule has 33 heavy (non-hydrogen) atoms. The second kappa shape index (κ2) is 9.45. The molecule has 2 aromatic carbocycles. The van der Waals surface area contributed by atoms with E-state index in [1.54, 1.807) is 24.3 Å². The Labute approximate surface area is 198 Å². The molecule has 3 aromatic rings. The van der Waals surface area contributed by atoms with E-state index in [1.807, 2.05) is 0 Å². The maximum Gasteiger partial charge on any atom is 0.335 e. The molecule has 7 heteroatoms. The molecule has 0 bridgehead atoms. The molecule has 0 atom stereocenters. The van der Waals surface area contributed by atoms with Gasteiger partial charge in [-0.2, -0.15) is 0 Å². The lowest BCUT2D eigenvalue weighted by atomic mass is 9.90. The van der Waals surface area contributed by atoms with Gasteiger partial charge in [-0.3, -0.25) is 4.90 Å². The molecule has 5 rings (SSSR count). The van der Waals surface area contributed by atoms with Crippen LogP contribution in [0.2, 0.25) is 0 Å². The van der Waals surface area contributed by atoms with Crippen LogP contribution in [0.3, 0.4) is 0 Å². The number of hydrogen-bond acceptors (Lipinski definition) is 6. The highest BCUT2D eigenvalue weighted by atomic mass is 32.1. The first-order valence-corrected chi connectivity index (χ1v) is 12.3. The smallest absolute Gasteiger partial charge is 0.335 e. The number of anilines is 1. The Morgan fingerprint density at radius 2 is 1.42 bits per heavy atom. The molecule has 2 heterocycles. The number of allylic oxidation sites excluding steroid dienone is 1. The number of carbonyl (C=O) groups is 1. The number of piperazine rings is 1. The maximum absolute atomic E-state index is 11.0. The number of carboxylic acid groups (broad SMARTS) is 1.